The molecular weight excluding hydrogens is 250 g/mol. The number of methoxy groups -OCH3 is 1. The molecule has 1 rings (SSSR count). The van der Waals surface area contributed by atoms with Crippen molar-refractivity contribution < 1.29 is 14.3 Å². The van der Waals surface area contributed by atoms with Gasteiger partial charge >= 0.3 is 5.97 Å². The molecule has 0 amide bonds. The fraction of sp³-hybridized carbons (Fsp3) is 0.385. The summed E-state index contributed by atoms with van der Waals surface area (Å²) < 4.78 is 10.1. The molecule has 0 saturated carbocycles. The molecule has 0 fully saturated rings. The molecule has 0 aromatic heterocycles. The minimum atomic E-state index is -0.217. The Morgan fingerprint density at radius 1 is 1.39 bits per heavy atom. The summed E-state index contributed by atoms with van der Waals surface area (Å²) in [6, 6.07) is 7.52. The average molecular weight is 267 g/mol. The molecule has 18 heavy (non-hydrogen) atoms. The number of ether oxygens (including phenoxy) is 2. The molecule has 0 N–H and O–H groups in total. The van der Waals surface area contributed by atoms with Crippen molar-refractivity contribution in [1.82, 2.24) is 4.90 Å². The lowest BCUT2D eigenvalue weighted by Gasteiger charge is -2.14. The van der Waals surface area contributed by atoms with Gasteiger partial charge in [-0.15, -0.1) is 0 Å². The van der Waals surface area contributed by atoms with Crippen molar-refractivity contribution in [3.05, 3.63) is 29.8 Å². The van der Waals surface area contributed by atoms with Crippen molar-refractivity contribution in [3.63, 3.8) is 0 Å². The second kappa shape index (κ2) is 6.96. The Morgan fingerprint density at radius 2 is 2.11 bits per heavy atom. The van der Waals surface area contributed by atoms with Crippen molar-refractivity contribution in [1.29, 1.82) is 0 Å². The highest BCUT2D eigenvalue weighted by molar-refractivity contribution is 7.80. The molecule has 98 valence electrons. The maximum absolute atomic E-state index is 11.1. The highest BCUT2D eigenvalue weighted by Crippen LogP contribution is 2.15. The summed E-state index contributed by atoms with van der Waals surface area (Å²) in [6.07, 6.45) is 0.983. The normalized spacial score (nSPS) is 9.72. The second-order valence-electron chi connectivity index (χ2n) is 3.99. The Kier molecular flexibility index (Phi) is 5.58. The molecule has 0 heterocycles. The standard InChI is InChI=1S/C13H17NO3S/c1-14(2)13(18)17-11-6-4-5-10(9-11)7-8-12(15)16-3/h4-6,9H,7-8H2,1-3H3. The zero-order chi connectivity index (χ0) is 13.5. The van der Waals surface area contributed by atoms with Crippen molar-refractivity contribution in [2.24, 2.45) is 0 Å². The first-order valence-electron chi connectivity index (χ1n) is 5.58. The number of rotatable bonds is 4. The van der Waals surface area contributed by atoms with Gasteiger partial charge in [-0.1, -0.05) is 12.1 Å². The number of esters is 1. The topological polar surface area (TPSA) is 38.8 Å². The molecule has 0 aliphatic carbocycles. The minimum Gasteiger partial charge on any atom is -0.469 e. The summed E-state index contributed by atoms with van der Waals surface area (Å²) in [4.78, 5) is 12.8. The molecular formula is C13H17NO3S. The Morgan fingerprint density at radius 3 is 2.72 bits per heavy atom. The Hall–Kier alpha value is -1.62. The molecule has 0 spiro atoms. The third-order valence-corrected chi connectivity index (χ3v) is 2.76. The fourth-order valence-electron chi connectivity index (χ4n) is 1.31. The van der Waals surface area contributed by atoms with Crippen LogP contribution in [0.15, 0.2) is 24.3 Å². The molecule has 0 saturated heterocycles. The van der Waals surface area contributed by atoms with E-state index in [4.69, 9.17) is 17.0 Å². The lowest BCUT2D eigenvalue weighted by atomic mass is 10.1. The van der Waals surface area contributed by atoms with Gasteiger partial charge in [-0.25, -0.2) is 0 Å². The Balaban J connectivity index is 2.62. The summed E-state index contributed by atoms with van der Waals surface area (Å²) in [5.74, 6) is 0.459. The van der Waals surface area contributed by atoms with Gasteiger partial charge in [0.15, 0.2) is 0 Å². The maximum atomic E-state index is 11.1. The Labute approximate surface area is 112 Å². The van der Waals surface area contributed by atoms with Crippen molar-refractivity contribution in [3.8, 4) is 5.75 Å². The van der Waals surface area contributed by atoms with Gasteiger partial charge in [-0.2, -0.15) is 0 Å². The molecule has 1 aromatic carbocycles. The number of hydrogen-bond donors (Lipinski definition) is 0. The molecule has 0 aliphatic heterocycles. The number of aryl methyl sites for hydroxylation is 1. The third-order valence-electron chi connectivity index (χ3n) is 2.31. The first-order valence-corrected chi connectivity index (χ1v) is 5.98. The monoisotopic (exact) mass is 267 g/mol. The minimum absolute atomic E-state index is 0.217. The number of carbonyl (C=O) groups is 1. The van der Waals surface area contributed by atoms with Crippen LogP contribution >= 0.6 is 12.2 Å². The summed E-state index contributed by atoms with van der Waals surface area (Å²) >= 11 is 5.06. The predicted molar refractivity (Wildman–Crippen MR) is 73.7 cm³/mol. The highest BCUT2D eigenvalue weighted by Gasteiger charge is 2.05. The predicted octanol–water partition coefficient (Wildman–Crippen LogP) is 2.02. The number of carbonyl (C=O) groups excluding carboxylic acids is 1. The largest absolute Gasteiger partial charge is 0.469 e. The van der Waals surface area contributed by atoms with E-state index in [9.17, 15) is 4.79 Å². The Bertz CT molecular complexity index is 432. The van der Waals surface area contributed by atoms with E-state index in [0.717, 1.165) is 5.56 Å². The molecule has 0 aliphatic rings. The van der Waals surface area contributed by atoms with Crippen LogP contribution in [0.5, 0.6) is 5.75 Å². The van der Waals surface area contributed by atoms with E-state index >= 15 is 0 Å². The lowest BCUT2D eigenvalue weighted by molar-refractivity contribution is -0.140. The van der Waals surface area contributed by atoms with Crippen LogP contribution in [-0.2, 0) is 16.0 Å². The van der Waals surface area contributed by atoms with Gasteiger partial charge in [0.1, 0.15) is 5.75 Å². The molecule has 1 aromatic rings. The van der Waals surface area contributed by atoms with Gasteiger partial charge in [0.25, 0.3) is 5.17 Å². The van der Waals surface area contributed by atoms with Gasteiger partial charge in [-0.3, -0.25) is 4.79 Å². The summed E-state index contributed by atoms with van der Waals surface area (Å²) in [6.45, 7) is 0. The van der Waals surface area contributed by atoms with Gasteiger partial charge < -0.3 is 14.4 Å². The number of nitrogens with zero attached hydrogens (tertiary/aromatic N) is 1. The van der Waals surface area contributed by atoms with Crippen LogP contribution in [0, 0.1) is 0 Å². The van der Waals surface area contributed by atoms with E-state index in [2.05, 4.69) is 4.74 Å². The number of benzene rings is 1. The van der Waals surface area contributed by atoms with E-state index in [-0.39, 0.29) is 5.97 Å². The van der Waals surface area contributed by atoms with Crippen LogP contribution in [-0.4, -0.2) is 37.2 Å². The van der Waals surface area contributed by atoms with E-state index in [1.807, 2.05) is 38.4 Å². The second-order valence-corrected chi connectivity index (χ2v) is 4.34. The van der Waals surface area contributed by atoms with Crippen LogP contribution in [0.2, 0.25) is 0 Å². The average Bonchev–Trinajstić information content (AvgIpc) is 2.36. The fourth-order valence-corrected chi connectivity index (χ4v) is 1.40. The number of hydrogen-bond acceptors (Lipinski definition) is 4. The molecule has 0 atom stereocenters. The summed E-state index contributed by atoms with van der Waals surface area (Å²) in [5.41, 5.74) is 1.01. The summed E-state index contributed by atoms with van der Waals surface area (Å²) in [7, 11) is 5.03. The summed E-state index contributed by atoms with van der Waals surface area (Å²) in [5, 5.41) is 0.403. The molecule has 5 heteroatoms. The van der Waals surface area contributed by atoms with Crippen LogP contribution in [0.1, 0.15) is 12.0 Å². The van der Waals surface area contributed by atoms with Crippen molar-refractivity contribution >= 4 is 23.4 Å². The maximum Gasteiger partial charge on any atom is 0.305 e. The van der Waals surface area contributed by atoms with E-state index in [1.165, 1.54) is 7.11 Å². The van der Waals surface area contributed by atoms with Crippen LogP contribution in [0.4, 0.5) is 0 Å². The molecule has 0 bridgehead atoms. The first-order chi connectivity index (χ1) is 8.52. The number of thiocarbonyl (C=S) groups is 1. The van der Waals surface area contributed by atoms with Crippen LogP contribution in [0.25, 0.3) is 0 Å². The molecule has 0 radical (unpaired) electrons. The van der Waals surface area contributed by atoms with Crippen molar-refractivity contribution in [2.45, 2.75) is 12.8 Å². The van der Waals surface area contributed by atoms with Gasteiger partial charge in [0.2, 0.25) is 0 Å². The van der Waals surface area contributed by atoms with Crippen molar-refractivity contribution in [2.75, 3.05) is 21.2 Å². The zero-order valence-corrected chi connectivity index (χ0v) is 11.6. The SMILES string of the molecule is COC(=O)CCc1cccc(OC(=S)N(C)C)c1. The highest BCUT2D eigenvalue weighted by atomic mass is 32.1. The lowest BCUT2D eigenvalue weighted by Crippen LogP contribution is -2.24. The third kappa shape index (κ3) is 4.71. The van der Waals surface area contributed by atoms with Crippen LogP contribution < -0.4 is 4.74 Å². The van der Waals surface area contributed by atoms with Gasteiger partial charge in [0, 0.05) is 20.5 Å². The van der Waals surface area contributed by atoms with E-state index in [1.54, 1.807) is 4.90 Å². The quantitative estimate of drug-likeness (QED) is 0.616. The van der Waals surface area contributed by atoms with E-state index in [0.29, 0.717) is 23.8 Å². The first kappa shape index (κ1) is 14.4. The van der Waals surface area contributed by atoms with Gasteiger partial charge in [0.05, 0.1) is 7.11 Å². The molecule has 0 unspecified atom stereocenters. The zero-order valence-electron chi connectivity index (χ0n) is 10.8. The van der Waals surface area contributed by atoms with Crippen LogP contribution in [0.3, 0.4) is 0 Å². The smallest absolute Gasteiger partial charge is 0.305 e. The molecule has 4 nitrogen and oxygen atoms in total. The van der Waals surface area contributed by atoms with Gasteiger partial charge in [-0.05, 0) is 36.3 Å². The van der Waals surface area contributed by atoms with E-state index < -0.39 is 0 Å².